The summed E-state index contributed by atoms with van der Waals surface area (Å²) in [6.07, 6.45) is 3.59. The van der Waals surface area contributed by atoms with Crippen LogP contribution >= 0.6 is 0 Å². The number of rotatable bonds is 5. The second-order valence-electron chi connectivity index (χ2n) is 8.49. The lowest BCUT2D eigenvalue weighted by molar-refractivity contribution is -0.140. The van der Waals surface area contributed by atoms with Gasteiger partial charge in [-0.3, -0.25) is 9.10 Å². The molecule has 0 aliphatic carbocycles. The van der Waals surface area contributed by atoms with Crippen LogP contribution in [0.4, 0.5) is 5.69 Å². The Morgan fingerprint density at radius 2 is 1.75 bits per heavy atom. The van der Waals surface area contributed by atoms with Crippen LogP contribution in [0.3, 0.4) is 0 Å². The van der Waals surface area contributed by atoms with Crippen molar-refractivity contribution in [1.82, 2.24) is 4.90 Å². The largest absolute Gasteiger partial charge is 0.452 e. The number of amides is 1. The summed E-state index contributed by atoms with van der Waals surface area (Å²) < 4.78 is 33.1. The molecule has 2 aromatic carbocycles. The zero-order valence-corrected chi connectivity index (χ0v) is 19.2. The van der Waals surface area contributed by atoms with Crippen LogP contribution in [0.2, 0.25) is 0 Å². The molecule has 2 heterocycles. The molecule has 4 rings (SSSR count). The summed E-state index contributed by atoms with van der Waals surface area (Å²) in [5.74, 6) is -0.940. The molecule has 2 aromatic rings. The van der Waals surface area contributed by atoms with Crippen molar-refractivity contribution in [3.8, 4) is 0 Å². The molecule has 0 spiro atoms. The number of carbonyl (C=O) groups is 2. The van der Waals surface area contributed by atoms with E-state index in [9.17, 15) is 18.0 Å². The lowest BCUT2D eigenvalue weighted by Crippen LogP contribution is -2.49. The number of hydrogen-bond acceptors (Lipinski definition) is 5. The van der Waals surface area contributed by atoms with Gasteiger partial charge < -0.3 is 9.64 Å². The Morgan fingerprint density at radius 1 is 1.03 bits per heavy atom. The van der Waals surface area contributed by atoms with Gasteiger partial charge in [0.2, 0.25) is 0 Å². The molecular formula is C24H28N2O5S. The van der Waals surface area contributed by atoms with Gasteiger partial charge in [-0.1, -0.05) is 24.3 Å². The van der Waals surface area contributed by atoms with Crippen LogP contribution in [0.5, 0.6) is 0 Å². The van der Waals surface area contributed by atoms with E-state index in [0.29, 0.717) is 18.7 Å². The number of anilines is 1. The van der Waals surface area contributed by atoms with Crippen molar-refractivity contribution in [1.29, 1.82) is 0 Å². The normalized spacial score (nSPS) is 20.7. The fraction of sp³-hybridized carbons (Fsp3) is 0.417. The first kappa shape index (κ1) is 22.3. The van der Waals surface area contributed by atoms with Crippen molar-refractivity contribution in [3.63, 3.8) is 0 Å². The van der Waals surface area contributed by atoms with Gasteiger partial charge in [0.05, 0.1) is 16.1 Å². The summed E-state index contributed by atoms with van der Waals surface area (Å²) in [4.78, 5) is 27.0. The topological polar surface area (TPSA) is 84.0 Å². The second kappa shape index (κ2) is 8.94. The van der Waals surface area contributed by atoms with E-state index >= 15 is 0 Å². The fourth-order valence-electron chi connectivity index (χ4n) is 4.67. The minimum atomic E-state index is -3.82. The molecule has 1 fully saturated rings. The van der Waals surface area contributed by atoms with Crippen molar-refractivity contribution in [2.45, 2.75) is 56.5 Å². The van der Waals surface area contributed by atoms with Crippen LogP contribution in [-0.2, 0) is 26.0 Å². The molecule has 7 nitrogen and oxygen atoms in total. The predicted molar refractivity (Wildman–Crippen MR) is 121 cm³/mol. The molecule has 8 heteroatoms. The molecule has 2 aliphatic heterocycles. The predicted octanol–water partition coefficient (Wildman–Crippen LogP) is 3.38. The van der Waals surface area contributed by atoms with Gasteiger partial charge in [-0.05, 0) is 69.4 Å². The number of fused-ring (bicyclic) bond motifs is 1. The quantitative estimate of drug-likeness (QED) is 0.644. The average molecular weight is 457 g/mol. The second-order valence-corrected chi connectivity index (χ2v) is 10.4. The maximum atomic E-state index is 13.2. The van der Waals surface area contributed by atoms with E-state index < -0.39 is 16.0 Å². The number of hydrogen-bond donors (Lipinski definition) is 0. The summed E-state index contributed by atoms with van der Waals surface area (Å²) in [6.45, 7) is 4.00. The number of benzene rings is 2. The number of ether oxygens (including phenoxy) is 1. The van der Waals surface area contributed by atoms with E-state index in [0.717, 1.165) is 24.8 Å². The van der Waals surface area contributed by atoms with Gasteiger partial charge in [0, 0.05) is 18.6 Å². The maximum absolute atomic E-state index is 13.2. The first-order chi connectivity index (χ1) is 15.3. The molecule has 0 radical (unpaired) electrons. The number of likely N-dealkylation sites (tertiary alicyclic amines) is 1. The Labute approximate surface area is 189 Å². The zero-order chi connectivity index (χ0) is 22.9. The highest BCUT2D eigenvalue weighted by atomic mass is 32.2. The standard InChI is InChI=1S/C24H28N2O5S/c1-17-7-5-8-18(2)26(17)23(27)16-31-24(28)20-10-6-11-21(15-20)32(29,30)25-14-13-19-9-3-4-12-22(19)25/h3-4,6,9-12,15,17-18H,5,7-8,13-14,16H2,1-2H3. The van der Waals surface area contributed by atoms with Gasteiger partial charge in [-0.15, -0.1) is 0 Å². The number of sulfonamides is 1. The van der Waals surface area contributed by atoms with Crippen molar-refractivity contribution in [2.75, 3.05) is 17.5 Å². The number of esters is 1. The number of carbonyl (C=O) groups excluding carboxylic acids is 2. The number of para-hydroxylation sites is 1. The third-order valence-electron chi connectivity index (χ3n) is 6.31. The Hall–Kier alpha value is -2.87. The van der Waals surface area contributed by atoms with Gasteiger partial charge in [-0.25, -0.2) is 13.2 Å². The first-order valence-electron chi connectivity index (χ1n) is 11.0. The molecule has 0 aromatic heterocycles. The molecule has 2 unspecified atom stereocenters. The Morgan fingerprint density at radius 3 is 2.50 bits per heavy atom. The molecule has 1 saturated heterocycles. The molecule has 0 bridgehead atoms. The maximum Gasteiger partial charge on any atom is 0.338 e. The molecular weight excluding hydrogens is 428 g/mol. The van der Waals surface area contributed by atoms with Gasteiger partial charge in [0.25, 0.3) is 15.9 Å². The lowest BCUT2D eigenvalue weighted by Gasteiger charge is -2.38. The molecule has 2 aliphatic rings. The first-order valence-corrected chi connectivity index (χ1v) is 12.4. The monoisotopic (exact) mass is 456 g/mol. The van der Waals surface area contributed by atoms with E-state index in [1.807, 2.05) is 32.0 Å². The highest BCUT2D eigenvalue weighted by Crippen LogP contribution is 2.32. The van der Waals surface area contributed by atoms with Crippen molar-refractivity contribution >= 4 is 27.6 Å². The van der Waals surface area contributed by atoms with E-state index in [2.05, 4.69) is 0 Å². The number of piperidine rings is 1. The minimum Gasteiger partial charge on any atom is -0.452 e. The van der Waals surface area contributed by atoms with Gasteiger partial charge in [0.1, 0.15) is 0 Å². The molecule has 0 N–H and O–H groups in total. The molecule has 170 valence electrons. The SMILES string of the molecule is CC1CCCC(C)N1C(=O)COC(=O)c1cccc(S(=O)(=O)N2CCc3ccccc32)c1. The Kier molecular flexibility index (Phi) is 6.24. The van der Waals surface area contributed by atoms with Crippen molar-refractivity contribution in [3.05, 3.63) is 59.7 Å². The van der Waals surface area contributed by atoms with Crippen LogP contribution in [0.15, 0.2) is 53.4 Å². The van der Waals surface area contributed by atoms with Gasteiger partial charge in [-0.2, -0.15) is 0 Å². The summed E-state index contributed by atoms with van der Waals surface area (Å²) in [5.41, 5.74) is 1.74. The molecule has 2 atom stereocenters. The minimum absolute atomic E-state index is 0.0215. The lowest BCUT2D eigenvalue weighted by atomic mass is 9.97. The number of nitrogens with zero attached hydrogens (tertiary/aromatic N) is 2. The van der Waals surface area contributed by atoms with Crippen molar-refractivity contribution < 1.29 is 22.7 Å². The molecule has 0 saturated carbocycles. The van der Waals surface area contributed by atoms with E-state index in [-0.39, 0.29) is 35.1 Å². The van der Waals surface area contributed by atoms with Crippen LogP contribution in [0.25, 0.3) is 0 Å². The van der Waals surface area contributed by atoms with E-state index in [4.69, 9.17) is 4.74 Å². The van der Waals surface area contributed by atoms with Crippen LogP contribution in [0.1, 0.15) is 49.0 Å². The molecule has 32 heavy (non-hydrogen) atoms. The van der Waals surface area contributed by atoms with Crippen LogP contribution < -0.4 is 4.31 Å². The van der Waals surface area contributed by atoms with Crippen LogP contribution in [0, 0.1) is 0 Å². The third kappa shape index (κ3) is 4.24. The van der Waals surface area contributed by atoms with Crippen molar-refractivity contribution in [2.24, 2.45) is 0 Å². The Balaban J connectivity index is 1.47. The Bertz CT molecular complexity index is 1120. The summed E-state index contributed by atoms with van der Waals surface area (Å²) in [6, 6.07) is 13.4. The van der Waals surface area contributed by atoms with Gasteiger partial charge in [0.15, 0.2) is 6.61 Å². The third-order valence-corrected chi connectivity index (χ3v) is 8.12. The fourth-order valence-corrected chi connectivity index (χ4v) is 6.22. The average Bonchev–Trinajstić information content (AvgIpc) is 3.22. The zero-order valence-electron chi connectivity index (χ0n) is 18.4. The highest BCUT2D eigenvalue weighted by Gasteiger charge is 2.32. The summed E-state index contributed by atoms with van der Waals surface area (Å²) >= 11 is 0. The summed E-state index contributed by atoms with van der Waals surface area (Å²) in [5, 5.41) is 0. The van der Waals surface area contributed by atoms with Crippen LogP contribution in [-0.4, -0.2) is 50.4 Å². The van der Waals surface area contributed by atoms with E-state index in [1.165, 1.54) is 28.6 Å². The highest BCUT2D eigenvalue weighted by molar-refractivity contribution is 7.92. The smallest absolute Gasteiger partial charge is 0.338 e. The summed E-state index contributed by atoms with van der Waals surface area (Å²) in [7, 11) is -3.82. The van der Waals surface area contributed by atoms with E-state index in [1.54, 1.807) is 11.0 Å². The molecule has 1 amide bonds. The van der Waals surface area contributed by atoms with Gasteiger partial charge >= 0.3 is 5.97 Å².